The van der Waals surface area contributed by atoms with Crippen molar-refractivity contribution in [2.45, 2.75) is 32.2 Å². The van der Waals surface area contributed by atoms with Crippen LogP contribution in [-0.2, 0) is 21.1 Å². The molecule has 0 aliphatic rings. The minimum absolute atomic E-state index is 0.0113. The molecule has 0 unspecified atom stereocenters. The SMILES string of the molecule is Cc1cc(NC(=O)Cc2c(C)nn(-c3ccc(F)cc3)c2C)cnc1S(C)(=O)=O. The number of aromatic nitrogens is 3. The molecule has 0 spiro atoms. The summed E-state index contributed by atoms with van der Waals surface area (Å²) in [5, 5.41) is 7.18. The number of rotatable bonds is 5. The first-order valence-electron chi connectivity index (χ1n) is 8.84. The first-order valence-corrected chi connectivity index (χ1v) is 10.7. The molecule has 9 heteroatoms. The van der Waals surface area contributed by atoms with Crippen LogP contribution >= 0.6 is 0 Å². The zero-order valence-electron chi connectivity index (χ0n) is 16.5. The van der Waals surface area contributed by atoms with Crippen LogP contribution in [0.5, 0.6) is 0 Å². The van der Waals surface area contributed by atoms with Crippen molar-refractivity contribution in [2.75, 3.05) is 11.6 Å². The maximum atomic E-state index is 13.2. The van der Waals surface area contributed by atoms with Crippen LogP contribution in [0.3, 0.4) is 0 Å². The van der Waals surface area contributed by atoms with Crippen LogP contribution < -0.4 is 5.32 Å². The summed E-state index contributed by atoms with van der Waals surface area (Å²) < 4.78 is 38.2. The summed E-state index contributed by atoms with van der Waals surface area (Å²) in [7, 11) is -3.42. The Kier molecular flexibility index (Phi) is 5.52. The van der Waals surface area contributed by atoms with Crippen LogP contribution in [0.1, 0.15) is 22.5 Å². The second-order valence-electron chi connectivity index (χ2n) is 6.88. The van der Waals surface area contributed by atoms with Crippen LogP contribution in [0.15, 0.2) is 41.6 Å². The molecule has 1 N–H and O–H groups in total. The monoisotopic (exact) mass is 416 g/mol. The molecule has 29 heavy (non-hydrogen) atoms. The van der Waals surface area contributed by atoms with E-state index in [0.717, 1.165) is 17.5 Å². The number of nitrogens with one attached hydrogen (secondary N) is 1. The largest absolute Gasteiger partial charge is 0.324 e. The molecule has 0 aliphatic heterocycles. The van der Waals surface area contributed by atoms with E-state index in [4.69, 9.17) is 0 Å². The van der Waals surface area contributed by atoms with Gasteiger partial charge in [0.1, 0.15) is 5.82 Å². The molecule has 7 nitrogen and oxygen atoms in total. The summed E-state index contributed by atoms with van der Waals surface area (Å²) >= 11 is 0. The lowest BCUT2D eigenvalue weighted by molar-refractivity contribution is -0.115. The molecular formula is C20H21FN4O3S. The fourth-order valence-corrected chi connectivity index (χ4v) is 4.04. The predicted molar refractivity (Wildman–Crippen MR) is 107 cm³/mol. The van der Waals surface area contributed by atoms with Crippen molar-refractivity contribution in [3.8, 4) is 5.69 Å². The number of nitrogens with zero attached hydrogens (tertiary/aromatic N) is 3. The van der Waals surface area contributed by atoms with E-state index in [1.54, 1.807) is 29.8 Å². The van der Waals surface area contributed by atoms with Gasteiger partial charge in [0.25, 0.3) is 0 Å². The number of carbonyl (C=O) groups excluding carboxylic acids is 1. The topological polar surface area (TPSA) is 93.9 Å². The predicted octanol–water partition coefficient (Wildman–Crippen LogP) is 2.92. The van der Waals surface area contributed by atoms with Crippen LogP contribution in [-0.4, -0.2) is 35.3 Å². The molecule has 3 rings (SSSR count). The third-order valence-corrected chi connectivity index (χ3v) is 5.64. The molecule has 0 atom stereocenters. The average Bonchev–Trinajstić information content (AvgIpc) is 2.89. The third-order valence-electron chi connectivity index (χ3n) is 4.51. The molecule has 0 saturated heterocycles. The van der Waals surface area contributed by atoms with Gasteiger partial charge in [0.15, 0.2) is 14.9 Å². The Morgan fingerprint density at radius 1 is 1.17 bits per heavy atom. The van der Waals surface area contributed by atoms with Gasteiger partial charge in [-0.3, -0.25) is 4.79 Å². The van der Waals surface area contributed by atoms with Crippen molar-refractivity contribution in [1.29, 1.82) is 0 Å². The number of anilines is 1. The van der Waals surface area contributed by atoms with E-state index in [1.165, 1.54) is 18.3 Å². The fourth-order valence-electron chi connectivity index (χ4n) is 3.15. The number of aryl methyl sites for hydroxylation is 2. The summed E-state index contributed by atoms with van der Waals surface area (Å²) in [6.45, 7) is 5.28. The molecule has 2 aromatic heterocycles. The summed E-state index contributed by atoms with van der Waals surface area (Å²) in [5.74, 6) is -0.608. The Bertz CT molecular complexity index is 1190. The lowest BCUT2D eigenvalue weighted by Crippen LogP contribution is -2.16. The third kappa shape index (κ3) is 4.51. The van der Waals surface area contributed by atoms with Crippen molar-refractivity contribution < 1.29 is 17.6 Å². The second-order valence-corrected chi connectivity index (χ2v) is 8.81. The first-order chi connectivity index (χ1) is 13.6. The van der Waals surface area contributed by atoms with Gasteiger partial charge in [-0.1, -0.05) is 0 Å². The summed E-state index contributed by atoms with van der Waals surface area (Å²) in [6.07, 6.45) is 2.50. The maximum Gasteiger partial charge on any atom is 0.228 e. The fraction of sp³-hybridized carbons (Fsp3) is 0.250. The first kappa shape index (κ1) is 20.7. The highest BCUT2D eigenvalue weighted by atomic mass is 32.2. The number of hydrogen-bond donors (Lipinski definition) is 1. The van der Waals surface area contributed by atoms with Gasteiger partial charge in [0, 0.05) is 17.5 Å². The molecular weight excluding hydrogens is 395 g/mol. The van der Waals surface area contributed by atoms with E-state index >= 15 is 0 Å². The lowest BCUT2D eigenvalue weighted by atomic mass is 10.1. The van der Waals surface area contributed by atoms with E-state index < -0.39 is 9.84 Å². The van der Waals surface area contributed by atoms with E-state index in [0.29, 0.717) is 22.6 Å². The molecule has 0 saturated carbocycles. The Hall–Kier alpha value is -3.07. The number of carbonyl (C=O) groups is 1. The molecule has 0 fully saturated rings. The Morgan fingerprint density at radius 2 is 1.83 bits per heavy atom. The zero-order chi connectivity index (χ0) is 21.3. The molecule has 3 aromatic rings. The standard InChI is InChI=1S/C20H21FN4O3S/c1-12-9-16(11-22-20(12)29(4,27)28)23-19(26)10-18-13(2)24-25(14(18)3)17-7-5-15(21)6-8-17/h5-9,11H,10H2,1-4H3,(H,23,26). The van der Waals surface area contributed by atoms with Gasteiger partial charge in [-0.25, -0.2) is 22.5 Å². The molecule has 1 aromatic carbocycles. The van der Waals surface area contributed by atoms with Gasteiger partial charge in [0.05, 0.1) is 29.7 Å². The number of halogens is 1. The van der Waals surface area contributed by atoms with E-state index in [1.807, 2.05) is 13.8 Å². The van der Waals surface area contributed by atoms with Crippen LogP contribution in [0.2, 0.25) is 0 Å². The van der Waals surface area contributed by atoms with Gasteiger partial charge in [-0.15, -0.1) is 0 Å². The second kappa shape index (κ2) is 7.75. The molecule has 1 amide bonds. The number of amides is 1. The average molecular weight is 416 g/mol. The van der Waals surface area contributed by atoms with Crippen LogP contribution in [0, 0.1) is 26.6 Å². The van der Waals surface area contributed by atoms with Crippen LogP contribution in [0.4, 0.5) is 10.1 Å². The number of benzene rings is 1. The smallest absolute Gasteiger partial charge is 0.228 e. The van der Waals surface area contributed by atoms with E-state index in [2.05, 4.69) is 15.4 Å². The van der Waals surface area contributed by atoms with Crippen molar-refractivity contribution in [2.24, 2.45) is 0 Å². The quantitative estimate of drug-likeness (QED) is 0.690. The molecule has 0 aliphatic carbocycles. The van der Waals surface area contributed by atoms with Crippen LogP contribution in [0.25, 0.3) is 5.69 Å². The molecule has 152 valence electrons. The Balaban J connectivity index is 1.79. The number of sulfone groups is 1. The zero-order valence-corrected chi connectivity index (χ0v) is 17.3. The molecule has 0 bridgehead atoms. The van der Waals surface area contributed by atoms with Gasteiger partial charge >= 0.3 is 0 Å². The summed E-state index contributed by atoms with van der Waals surface area (Å²) in [5.41, 5.74) is 3.83. The van der Waals surface area contributed by atoms with Crippen molar-refractivity contribution in [1.82, 2.24) is 14.8 Å². The number of hydrogen-bond acceptors (Lipinski definition) is 5. The van der Waals surface area contributed by atoms with Gasteiger partial charge in [-0.05, 0) is 56.7 Å². The van der Waals surface area contributed by atoms with Crippen molar-refractivity contribution in [3.63, 3.8) is 0 Å². The highest BCUT2D eigenvalue weighted by Gasteiger charge is 2.17. The lowest BCUT2D eigenvalue weighted by Gasteiger charge is -2.09. The normalized spacial score (nSPS) is 11.5. The Labute approximate surface area is 168 Å². The minimum atomic E-state index is -3.42. The van der Waals surface area contributed by atoms with Gasteiger partial charge < -0.3 is 5.32 Å². The van der Waals surface area contributed by atoms with Crippen molar-refractivity contribution in [3.05, 3.63) is 64.9 Å². The molecule has 2 heterocycles. The summed E-state index contributed by atoms with van der Waals surface area (Å²) in [4.78, 5) is 16.5. The molecule has 0 radical (unpaired) electrons. The highest BCUT2D eigenvalue weighted by Crippen LogP contribution is 2.20. The van der Waals surface area contributed by atoms with Crippen molar-refractivity contribution >= 4 is 21.4 Å². The highest BCUT2D eigenvalue weighted by molar-refractivity contribution is 7.90. The Morgan fingerprint density at radius 3 is 2.41 bits per heavy atom. The summed E-state index contributed by atoms with van der Waals surface area (Å²) in [6, 6.07) is 7.52. The number of pyridine rings is 1. The minimum Gasteiger partial charge on any atom is -0.324 e. The van der Waals surface area contributed by atoms with Gasteiger partial charge in [0.2, 0.25) is 5.91 Å². The van der Waals surface area contributed by atoms with E-state index in [-0.39, 0.29) is 23.2 Å². The van der Waals surface area contributed by atoms with E-state index in [9.17, 15) is 17.6 Å². The maximum absolute atomic E-state index is 13.2. The van der Waals surface area contributed by atoms with Gasteiger partial charge in [-0.2, -0.15) is 5.10 Å².